The molecule has 0 aliphatic rings. The zero-order valence-corrected chi connectivity index (χ0v) is 11.9. The molecule has 2 rings (SSSR count). The first-order valence-electron chi connectivity index (χ1n) is 5.63. The lowest BCUT2D eigenvalue weighted by atomic mass is 10.1. The van der Waals surface area contributed by atoms with Crippen molar-refractivity contribution in [2.75, 3.05) is 5.32 Å². The molecule has 0 saturated carbocycles. The third-order valence-corrected chi connectivity index (χ3v) is 3.14. The topological polar surface area (TPSA) is 92.5 Å². The second-order valence-electron chi connectivity index (χ2n) is 4.01. The number of nitrogens with zero attached hydrogens (tertiary/aromatic N) is 1. The minimum absolute atomic E-state index is 0.00355. The minimum atomic E-state index is -1.43. The largest absolute Gasteiger partial charge is 0.477 e. The number of carboxylic acid groups (broad SMARTS) is 1. The molecule has 0 aromatic heterocycles. The average Bonchev–Trinajstić information content (AvgIpc) is 2.41. The van der Waals surface area contributed by atoms with Crippen molar-refractivity contribution in [2.24, 2.45) is 0 Å². The Balaban J connectivity index is 2.51. The number of rotatable bonds is 4. The summed E-state index contributed by atoms with van der Waals surface area (Å²) in [4.78, 5) is 21.3. The average molecular weight is 355 g/mol. The second kappa shape index (κ2) is 5.88. The molecule has 6 nitrogen and oxygen atoms in total. The molecule has 2 N–H and O–H groups in total. The Bertz CT molecular complexity index is 736. The quantitative estimate of drug-likeness (QED) is 0.640. The van der Waals surface area contributed by atoms with Gasteiger partial charge >= 0.3 is 11.7 Å². The van der Waals surface area contributed by atoms with Gasteiger partial charge in [-0.25, -0.2) is 9.18 Å². The number of carboxylic acids is 1. The molecule has 0 heterocycles. The summed E-state index contributed by atoms with van der Waals surface area (Å²) in [5.74, 6) is -2.05. The lowest BCUT2D eigenvalue weighted by molar-refractivity contribution is -0.384. The summed E-state index contributed by atoms with van der Waals surface area (Å²) in [5.41, 5.74) is -1.18. The summed E-state index contributed by atoms with van der Waals surface area (Å²) in [5, 5.41) is 22.6. The number of carbonyl (C=O) groups is 1. The highest BCUT2D eigenvalue weighted by Gasteiger charge is 2.24. The van der Waals surface area contributed by atoms with Crippen LogP contribution in [0.2, 0.25) is 0 Å². The van der Waals surface area contributed by atoms with E-state index >= 15 is 0 Å². The van der Waals surface area contributed by atoms with Gasteiger partial charge in [-0.05, 0) is 30.3 Å². The lowest BCUT2D eigenvalue weighted by Gasteiger charge is -2.09. The van der Waals surface area contributed by atoms with Gasteiger partial charge in [0, 0.05) is 4.47 Å². The van der Waals surface area contributed by atoms with Crippen LogP contribution in [0.4, 0.5) is 21.5 Å². The van der Waals surface area contributed by atoms with E-state index in [0.717, 1.165) is 6.07 Å². The number of nitro benzene ring substituents is 1. The highest BCUT2D eigenvalue weighted by Crippen LogP contribution is 2.32. The van der Waals surface area contributed by atoms with E-state index in [-0.39, 0.29) is 11.4 Å². The molecule has 8 heteroatoms. The molecule has 21 heavy (non-hydrogen) atoms. The standard InChI is InChI=1S/C13H8BrFN2O4/c14-7-4-5-10(9(15)6-7)16-11-3-1-2-8(13(18)19)12(11)17(20)21/h1-6,16H,(H,18,19). The monoisotopic (exact) mass is 354 g/mol. The molecule has 0 saturated heterocycles. The fraction of sp³-hybridized carbons (Fsp3) is 0. The van der Waals surface area contributed by atoms with E-state index in [2.05, 4.69) is 21.2 Å². The van der Waals surface area contributed by atoms with Gasteiger partial charge in [0.2, 0.25) is 0 Å². The summed E-state index contributed by atoms with van der Waals surface area (Å²) in [6.45, 7) is 0. The van der Waals surface area contributed by atoms with E-state index in [4.69, 9.17) is 5.11 Å². The molecule has 0 spiro atoms. The van der Waals surface area contributed by atoms with Gasteiger partial charge in [0.15, 0.2) is 0 Å². The first-order chi connectivity index (χ1) is 9.90. The number of para-hydroxylation sites is 1. The van der Waals surface area contributed by atoms with Crippen LogP contribution in [0.5, 0.6) is 0 Å². The van der Waals surface area contributed by atoms with Crippen LogP contribution in [0.25, 0.3) is 0 Å². The molecule has 0 fully saturated rings. The third kappa shape index (κ3) is 3.16. The van der Waals surface area contributed by atoms with Crippen molar-refractivity contribution in [3.63, 3.8) is 0 Å². The number of hydrogen-bond acceptors (Lipinski definition) is 4. The predicted octanol–water partition coefficient (Wildman–Crippen LogP) is 3.94. The van der Waals surface area contributed by atoms with Crippen LogP contribution in [0.3, 0.4) is 0 Å². The van der Waals surface area contributed by atoms with Crippen LogP contribution >= 0.6 is 15.9 Å². The molecule has 0 amide bonds. The number of anilines is 2. The van der Waals surface area contributed by atoms with Gasteiger partial charge in [-0.1, -0.05) is 22.0 Å². The Morgan fingerprint density at radius 2 is 2.00 bits per heavy atom. The number of aromatic carboxylic acids is 1. The number of hydrogen-bond donors (Lipinski definition) is 2. The van der Waals surface area contributed by atoms with E-state index in [1.54, 1.807) is 6.07 Å². The SMILES string of the molecule is O=C(O)c1cccc(Nc2ccc(Br)cc2F)c1[N+](=O)[O-]. The van der Waals surface area contributed by atoms with Crippen LogP contribution < -0.4 is 5.32 Å². The van der Waals surface area contributed by atoms with Crippen LogP contribution in [0.15, 0.2) is 40.9 Å². The Kier molecular flexibility index (Phi) is 4.18. The lowest BCUT2D eigenvalue weighted by Crippen LogP contribution is -2.06. The maximum Gasteiger partial charge on any atom is 0.342 e. The van der Waals surface area contributed by atoms with Crippen molar-refractivity contribution in [1.29, 1.82) is 0 Å². The van der Waals surface area contributed by atoms with Crippen molar-refractivity contribution in [3.8, 4) is 0 Å². The second-order valence-corrected chi connectivity index (χ2v) is 4.93. The predicted molar refractivity (Wildman–Crippen MR) is 77.4 cm³/mol. The van der Waals surface area contributed by atoms with Crippen LogP contribution in [-0.2, 0) is 0 Å². The van der Waals surface area contributed by atoms with Crippen molar-refractivity contribution >= 4 is 39.0 Å². The third-order valence-electron chi connectivity index (χ3n) is 2.65. The Morgan fingerprint density at radius 1 is 1.29 bits per heavy atom. The zero-order chi connectivity index (χ0) is 15.6. The molecule has 0 aliphatic carbocycles. The number of nitrogens with one attached hydrogen (secondary N) is 1. The van der Waals surface area contributed by atoms with Gasteiger partial charge in [-0.3, -0.25) is 10.1 Å². The number of nitro groups is 1. The van der Waals surface area contributed by atoms with Gasteiger partial charge in [0.05, 0.1) is 10.6 Å². The summed E-state index contributed by atoms with van der Waals surface area (Å²) in [6.07, 6.45) is 0. The summed E-state index contributed by atoms with van der Waals surface area (Å²) in [6, 6.07) is 7.90. The normalized spacial score (nSPS) is 10.2. The van der Waals surface area contributed by atoms with Crippen molar-refractivity contribution in [3.05, 3.63) is 62.4 Å². The molecule has 0 bridgehead atoms. The van der Waals surface area contributed by atoms with Gasteiger partial charge in [0.1, 0.15) is 17.1 Å². The van der Waals surface area contributed by atoms with E-state index < -0.39 is 28.0 Å². The molecule has 0 radical (unpaired) electrons. The molecule has 2 aromatic rings. The van der Waals surface area contributed by atoms with Crippen molar-refractivity contribution in [1.82, 2.24) is 0 Å². The molecule has 0 atom stereocenters. The summed E-state index contributed by atoms with van der Waals surface area (Å²) < 4.78 is 14.3. The van der Waals surface area contributed by atoms with E-state index in [9.17, 15) is 19.3 Å². The van der Waals surface area contributed by atoms with Gasteiger partial charge in [0.25, 0.3) is 0 Å². The fourth-order valence-corrected chi connectivity index (χ4v) is 2.08. The van der Waals surface area contributed by atoms with Gasteiger partial charge in [-0.15, -0.1) is 0 Å². The maximum absolute atomic E-state index is 13.7. The van der Waals surface area contributed by atoms with E-state index in [0.29, 0.717) is 4.47 Å². The Labute approximate surface area is 126 Å². The van der Waals surface area contributed by atoms with E-state index in [1.165, 1.54) is 24.3 Å². The van der Waals surface area contributed by atoms with Crippen LogP contribution in [0, 0.1) is 15.9 Å². The molecular weight excluding hydrogens is 347 g/mol. The Hall–Kier alpha value is -2.48. The van der Waals surface area contributed by atoms with Crippen LogP contribution in [0.1, 0.15) is 10.4 Å². The summed E-state index contributed by atoms with van der Waals surface area (Å²) in [7, 11) is 0. The molecule has 0 unspecified atom stereocenters. The zero-order valence-electron chi connectivity index (χ0n) is 10.3. The minimum Gasteiger partial charge on any atom is -0.477 e. The highest BCUT2D eigenvalue weighted by atomic mass is 79.9. The number of benzene rings is 2. The summed E-state index contributed by atoms with van der Waals surface area (Å²) >= 11 is 3.10. The number of halogens is 2. The molecule has 2 aromatic carbocycles. The van der Waals surface area contributed by atoms with Gasteiger partial charge in [-0.2, -0.15) is 0 Å². The van der Waals surface area contributed by atoms with E-state index in [1.807, 2.05) is 0 Å². The maximum atomic E-state index is 13.7. The van der Waals surface area contributed by atoms with Crippen molar-refractivity contribution in [2.45, 2.75) is 0 Å². The van der Waals surface area contributed by atoms with Crippen LogP contribution in [-0.4, -0.2) is 16.0 Å². The first-order valence-corrected chi connectivity index (χ1v) is 6.42. The first kappa shape index (κ1) is 14.9. The molecule has 0 aliphatic heterocycles. The molecular formula is C13H8BrFN2O4. The van der Waals surface area contributed by atoms with Crippen molar-refractivity contribution < 1.29 is 19.2 Å². The fourth-order valence-electron chi connectivity index (χ4n) is 1.75. The highest BCUT2D eigenvalue weighted by molar-refractivity contribution is 9.10. The Morgan fingerprint density at radius 3 is 2.57 bits per heavy atom. The molecule has 108 valence electrons. The smallest absolute Gasteiger partial charge is 0.342 e. The van der Waals surface area contributed by atoms with Gasteiger partial charge < -0.3 is 10.4 Å².